The van der Waals surface area contributed by atoms with Crippen molar-refractivity contribution in [1.82, 2.24) is 14.9 Å². The molecule has 3 heterocycles. The molecule has 12 nitrogen and oxygen atoms in total. The Morgan fingerprint density at radius 1 is 1.07 bits per heavy atom. The van der Waals surface area contributed by atoms with Crippen LogP contribution in [0.25, 0.3) is 0 Å². The largest absolute Gasteiger partial charge is 0.489 e. The minimum atomic E-state index is -0.569. The number of ether oxygens (including phenoxy) is 2. The fourth-order valence-corrected chi connectivity index (χ4v) is 5.95. The second-order valence-corrected chi connectivity index (χ2v) is 13.3. The molecule has 1 aromatic carbocycles. The number of hydrogen-bond donors (Lipinski definition) is 3. The number of nitrogens with zero attached hydrogens (tertiary/aromatic N) is 4. The molecule has 2 atom stereocenters. The van der Waals surface area contributed by atoms with Gasteiger partial charge >= 0.3 is 6.09 Å². The zero-order chi connectivity index (χ0) is 32.3. The third kappa shape index (κ3) is 8.22. The van der Waals surface area contributed by atoms with Gasteiger partial charge in [-0.1, -0.05) is 11.6 Å². The number of carbonyl (C=O) groups excluding carboxylic acids is 3. The zero-order valence-corrected chi connectivity index (χ0v) is 27.1. The number of nitrogens with one attached hydrogen (secondary N) is 1. The van der Waals surface area contributed by atoms with Crippen LogP contribution in [0.1, 0.15) is 70.9 Å². The second kappa shape index (κ2) is 13.5. The van der Waals surface area contributed by atoms with Crippen LogP contribution in [0.5, 0.6) is 5.75 Å². The molecule has 240 valence electrons. The molecule has 1 aromatic heterocycles. The van der Waals surface area contributed by atoms with E-state index in [0.717, 1.165) is 24.0 Å². The Morgan fingerprint density at radius 2 is 1.68 bits per heavy atom. The number of benzene rings is 1. The first-order valence-corrected chi connectivity index (χ1v) is 15.4. The standard InChI is InChI=1S/C31H44ClN7O5/c1-17(2)43-25-13-22(19-7-9-38(10-8-19)30(42)44-31(4,5)6)18(3)11-24(25)36-29-35-14-23(32)28(37-29)39-15-20(26(33)40)12-21(16-39)27(34)41/h11,13-14,17,19-21H,7-10,12,15-16H2,1-6H3,(H2,33,40)(H2,34,41)(H,35,36,37)/t20-,21+. The Labute approximate surface area is 263 Å². The summed E-state index contributed by atoms with van der Waals surface area (Å²) in [6.45, 7) is 13.3. The van der Waals surface area contributed by atoms with Crippen LogP contribution in [0.2, 0.25) is 5.02 Å². The monoisotopic (exact) mass is 629 g/mol. The van der Waals surface area contributed by atoms with E-state index in [1.54, 1.807) is 9.80 Å². The number of piperidine rings is 2. The van der Waals surface area contributed by atoms with Crippen molar-refractivity contribution in [1.29, 1.82) is 0 Å². The molecule has 2 fully saturated rings. The molecule has 0 unspecified atom stereocenters. The van der Waals surface area contributed by atoms with Crippen molar-refractivity contribution < 1.29 is 23.9 Å². The van der Waals surface area contributed by atoms with E-state index in [-0.39, 0.29) is 48.6 Å². The molecule has 13 heteroatoms. The van der Waals surface area contributed by atoms with Gasteiger partial charge in [-0.05, 0) is 90.0 Å². The van der Waals surface area contributed by atoms with Crippen molar-refractivity contribution in [3.8, 4) is 5.75 Å². The number of likely N-dealkylation sites (tertiary alicyclic amines) is 1. The summed E-state index contributed by atoms with van der Waals surface area (Å²) in [4.78, 5) is 49.2. The Kier molecular flexibility index (Phi) is 10.1. The van der Waals surface area contributed by atoms with Crippen LogP contribution in [0.3, 0.4) is 0 Å². The normalized spacial score (nSPS) is 19.5. The van der Waals surface area contributed by atoms with Gasteiger partial charge in [0.05, 0.1) is 29.8 Å². The molecule has 0 spiro atoms. The maximum Gasteiger partial charge on any atom is 0.410 e. The Balaban J connectivity index is 1.56. The first-order chi connectivity index (χ1) is 20.6. The number of primary amides is 2. The molecule has 4 rings (SSSR count). The lowest BCUT2D eigenvalue weighted by Crippen LogP contribution is -2.49. The molecular formula is C31H44ClN7O5. The van der Waals surface area contributed by atoms with E-state index in [1.807, 2.05) is 40.7 Å². The summed E-state index contributed by atoms with van der Waals surface area (Å²) >= 11 is 6.50. The second-order valence-electron chi connectivity index (χ2n) is 12.9. The highest BCUT2D eigenvalue weighted by Crippen LogP contribution is 2.39. The minimum Gasteiger partial charge on any atom is -0.489 e. The fourth-order valence-electron chi connectivity index (χ4n) is 5.74. The highest BCUT2D eigenvalue weighted by molar-refractivity contribution is 6.32. The fraction of sp³-hybridized carbons (Fsp3) is 0.581. The van der Waals surface area contributed by atoms with Crippen LogP contribution in [0, 0.1) is 18.8 Å². The van der Waals surface area contributed by atoms with Crippen LogP contribution in [-0.2, 0) is 14.3 Å². The van der Waals surface area contributed by atoms with E-state index >= 15 is 0 Å². The summed E-state index contributed by atoms with van der Waals surface area (Å²) < 4.78 is 11.8. The van der Waals surface area contributed by atoms with E-state index in [4.69, 9.17) is 32.5 Å². The van der Waals surface area contributed by atoms with Gasteiger partial charge in [-0.2, -0.15) is 4.98 Å². The predicted octanol–water partition coefficient (Wildman–Crippen LogP) is 4.50. The molecule has 0 bridgehead atoms. The van der Waals surface area contributed by atoms with Gasteiger partial charge < -0.3 is 36.1 Å². The van der Waals surface area contributed by atoms with Gasteiger partial charge in [-0.15, -0.1) is 0 Å². The third-order valence-corrected chi connectivity index (χ3v) is 8.11. The summed E-state index contributed by atoms with van der Waals surface area (Å²) in [5.41, 5.74) is 13.6. The number of hydrogen-bond acceptors (Lipinski definition) is 9. The van der Waals surface area contributed by atoms with E-state index < -0.39 is 29.3 Å². The molecule has 0 saturated carbocycles. The van der Waals surface area contributed by atoms with Gasteiger partial charge in [0, 0.05) is 26.2 Å². The molecule has 2 aliphatic heterocycles. The van der Waals surface area contributed by atoms with E-state index in [1.165, 1.54) is 6.20 Å². The summed E-state index contributed by atoms with van der Waals surface area (Å²) in [5, 5.41) is 3.55. The number of anilines is 3. The Hall–Kier alpha value is -3.80. The SMILES string of the molecule is Cc1cc(Nc2ncc(Cl)c(N3C[C@H](C(N)=O)C[C@H](C(N)=O)C3)n2)c(OC(C)C)cc1C1CCN(C(=O)OC(C)(C)C)CC1. The number of aryl methyl sites for hydroxylation is 1. The lowest BCUT2D eigenvalue weighted by Gasteiger charge is -2.36. The third-order valence-electron chi connectivity index (χ3n) is 7.84. The average molecular weight is 630 g/mol. The van der Waals surface area contributed by atoms with Crippen LogP contribution >= 0.6 is 11.6 Å². The van der Waals surface area contributed by atoms with Crippen molar-refractivity contribution in [2.75, 3.05) is 36.4 Å². The molecule has 2 saturated heterocycles. The van der Waals surface area contributed by atoms with Crippen LogP contribution < -0.4 is 26.4 Å². The maximum absolute atomic E-state index is 12.6. The molecule has 0 radical (unpaired) electrons. The summed E-state index contributed by atoms with van der Waals surface area (Å²) in [7, 11) is 0. The molecule has 3 amide bonds. The highest BCUT2D eigenvalue weighted by atomic mass is 35.5. The van der Waals surface area contributed by atoms with E-state index in [2.05, 4.69) is 28.3 Å². The maximum atomic E-state index is 12.6. The lowest BCUT2D eigenvalue weighted by molar-refractivity contribution is -0.125. The smallest absolute Gasteiger partial charge is 0.410 e. The predicted molar refractivity (Wildman–Crippen MR) is 169 cm³/mol. The van der Waals surface area contributed by atoms with Gasteiger partial charge in [0.15, 0.2) is 5.82 Å². The number of carbonyl (C=O) groups is 3. The number of amides is 3. The first-order valence-electron chi connectivity index (χ1n) is 15.0. The first kappa shape index (κ1) is 33.1. The van der Waals surface area contributed by atoms with Gasteiger partial charge in [-0.3, -0.25) is 9.59 Å². The van der Waals surface area contributed by atoms with Crippen LogP contribution in [0.15, 0.2) is 18.3 Å². The average Bonchev–Trinajstić information content (AvgIpc) is 2.94. The lowest BCUT2D eigenvalue weighted by atomic mass is 9.86. The quantitative estimate of drug-likeness (QED) is 0.381. The summed E-state index contributed by atoms with van der Waals surface area (Å²) in [6, 6.07) is 4.07. The molecule has 5 N–H and O–H groups in total. The van der Waals surface area contributed by atoms with Gasteiger partial charge in [0.1, 0.15) is 16.4 Å². The van der Waals surface area contributed by atoms with Crippen molar-refractivity contribution in [2.24, 2.45) is 23.3 Å². The van der Waals surface area contributed by atoms with Crippen molar-refractivity contribution in [2.45, 2.75) is 78.4 Å². The number of nitrogens with two attached hydrogens (primary N) is 2. The Bertz CT molecular complexity index is 1370. The topological polar surface area (TPSA) is 166 Å². The van der Waals surface area contributed by atoms with Crippen molar-refractivity contribution in [3.05, 3.63) is 34.5 Å². The molecule has 0 aliphatic carbocycles. The zero-order valence-electron chi connectivity index (χ0n) is 26.4. The molecule has 2 aliphatic rings. The molecule has 44 heavy (non-hydrogen) atoms. The van der Waals surface area contributed by atoms with E-state index in [9.17, 15) is 14.4 Å². The van der Waals surface area contributed by atoms with Crippen molar-refractivity contribution >= 4 is 47.0 Å². The van der Waals surface area contributed by atoms with Gasteiger partial charge in [-0.25, -0.2) is 9.78 Å². The van der Waals surface area contributed by atoms with Gasteiger partial charge in [0.2, 0.25) is 17.8 Å². The number of rotatable bonds is 8. The summed E-state index contributed by atoms with van der Waals surface area (Å²) in [6.07, 6.45) is 3.02. The van der Waals surface area contributed by atoms with Crippen LogP contribution in [-0.4, -0.2) is 70.7 Å². The molecule has 2 aromatic rings. The number of halogens is 1. The highest BCUT2D eigenvalue weighted by Gasteiger charge is 2.35. The van der Waals surface area contributed by atoms with Crippen LogP contribution in [0.4, 0.5) is 22.2 Å². The molecular weight excluding hydrogens is 586 g/mol. The van der Waals surface area contributed by atoms with Gasteiger partial charge in [0.25, 0.3) is 0 Å². The Morgan fingerprint density at radius 3 is 2.23 bits per heavy atom. The summed E-state index contributed by atoms with van der Waals surface area (Å²) in [5.74, 6) is -0.605. The van der Waals surface area contributed by atoms with E-state index in [0.29, 0.717) is 30.3 Å². The minimum absolute atomic E-state index is 0.0911. The number of aromatic nitrogens is 2. The van der Waals surface area contributed by atoms with Crippen molar-refractivity contribution in [3.63, 3.8) is 0 Å².